The first kappa shape index (κ1) is 29.4. The normalized spacial score (nSPS) is 39.3. The van der Waals surface area contributed by atoms with Gasteiger partial charge in [0.2, 0.25) is 0 Å². The van der Waals surface area contributed by atoms with Crippen LogP contribution in [0, 0.1) is 39.4 Å². The van der Waals surface area contributed by atoms with E-state index in [-0.39, 0.29) is 45.8 Å². The highest BCUT2D eigenvalue weighted by molar-refractivity contribution is 5.66. The fourth-order valence-electron chi connectivity index (χ4n) is 10.2. The molecule has 0 radical (unpaired) electrons. The summed E-state index contributed by atoms with van der Waals surface area (Å²) in [7, 11) is 0. The molecule has 0 heterocycles. The van der Waals surface area contributed by atoms with E-state index in [1.807, 2.05) is 0 Å². The molecule has 0 bridgehead atoms. The molecule has 4 aliphatic carbocycles. The van der Waals surface area contributed by atoms with Crippen molar-refractivity contribution in [1.82, 2.24) is 0 Å². The Hall–Kier alpha value is -1.58. The van der Waals surface area contributed by atoms with Gasteiger partial charge in [0, 0.05) is 25.7 Å². The van der Waals surface area contributed by atoms with Gasteiger partial charge in [-0.05, 0) is 99.2 Å². The Morgan fingerprint density at radius 3 is 2.18 bits per heavy atom. The average molecular weight is 527 g/mol. The van der Waals surface area contributed by atoms with Gasteiger partial charge >= 0.3 is 11.9 Å². The summed E-state index contributed by atoms with van der Waals surface area (Å²) in [4.78, 5) is 23.9. The molecule has 38 heavy (non-hydrogen) atoms. The van der Waals surface area contributed by atoms with Crippen LogP contribution in [0.2, 0.25) is 0 Å². The van der Waals surface area contributed by atoms with E-state index in [1.165, 1.54) is 44.1 Å². The van der Waals surface area contributed by atoms with Crippen molar-refractivity contribution in [3.05, 3.63) is 22.8 Å². The number of ether oxygens (including phenoxy) is 2. The fourth-order valence-corrected chi connectivity index (χ4v) is 10.2. The van der Waals surface area contributed by atoms with Gasteiger partial charge in [-0.2, -0.15) is 0 Å². The van der Waals surface area contributed by atoms with Crippen molar-refractivity contribution < 1.29 is 19.1 Å². The van der Waals surface area contributed by atoms with Crippen LogP contribution in [0.4, 0.5) is 0 Å². The molecule has 4 nitrogen and oxygen atoms in total. The number of carbonyl (C=O) groups is 2. The van der Waals surface area contributed by atoms with Crippen molar-refractivity contribution >= 4 is 11.9 Å². The summed E-state index contributed by atoms with van der Waals surface area (Å²) in [6, 6.07) is 0. The Morgan fingerprint density at radius 2 is 1.58 bits per heavy atom. The molecule has 0 N–H and O–H groups in total. The quantitative estimate of drug-likeness (QED) is 0.257. The van der Waals surface area contributed by atoms with Gasteiger partial charge in [0.05, 0.1) is 0 Å². The van der Waals surface area contributed by atoms with Crippen molar-refractivity contribution in [1.29, 1.82) is 0 Å². The van der Waals surface area contributed by atoms with Gasteiger partial charge in [0.25, 0.3) is 0 Å². The lowest BCUT2D eigenvalue weighted by molar-refractivity contribution is -0.167. The van der Waals surface area contributed by atoms with Crippen molar-refractivity contribution in [2.24, 2.45) is 39.4 Å². The summed E-state index contributed by atoms with van der Waals surface area (Å²) in [5, 5.41) is 0. The second-order valence-corrected chi connectivity index (χ2v) is 14.8. The molecule has 8 atom stereocenters. The van der Waals surface area contributed by atoms with Gasteiger partial charge in [0.1, 0.15) is 12.2 Å². The summed E-state index contributed by atoms with van der Waals surface area (Å²) in [6.45, 7) is 22.1. The van der Waals surface area contributed by atoms with Gasteiger partial charge in [-0.25, -0.2) is 0 Å². The molecule has 2 fully saturated rings. The third kappa shape index (κ3) is 4.60. The minimum atomic E-state index is -0.165. The zero-order chi connectivity index (χ0) is 28.3. The van der Waals surface area contributed by atoms with Crippen LogP contribution < -0.4 is 0 Å². The molecule has 0 amide bonds. The molecule has 214 valence electrons. The topological polar surface area (TPSA) is 52.6 Å². The number of rotatable bonds is 6. The van der Waals surface area contributed by atoms with E-state index < -0.39 is 0 Å². The van der Waals surface area contributed by atoms with Crippen molar-refractivity contribution in [2.45, 2.75) is 139 Å². The Morgan fingerprint density at radius 1 is 0.895 bits per heavy atom. The Labute approximate surface area is 232 Å². The maximum absolute atomic E-state index is 12.1. The molecular formula is C34H54O4. The fraction of sp³-hybridized carbons (Fsp3) is 0.824. The second-order valence-electron chi connectivity index (χ2n) is 14.8. The van der Waals surface area contributed by atoms with E-state index in [9.17, 15) is 9.59 Å². The molecule has 4 aliphatic rings. The maximum Gasteiger partial charge on any atom is 0.302 e. The molecule has 0 aromatic rings. The number of esters is 2. The Bertz CT molecular complexity index is 1020. The molecule has 4 rings (SSSR count). The zero-order valence-electron chi connectivity index (χ0n) is 26.0. The van der Waals surface area contributed by atoms with Gasteiger partial charge in [-0.1, -0.05) is 64.3 Å². The molecule has 0 saturated heterocycles. The van der Waals surface area contributed by atoms with E-state index in [4.69, 9.17) is 9.47 Å². The summed E-state index contributed by atoms with van der Waals surface area (Å²) < 4.78 is 11.8. The van der Waals surface area contributed by atoms with E-state index >= 15 is 0 Å². The Balaban J connectivity index is 1.66. The lowest BCUT2D eigenvalue weighted by Gasteiger charge is -2.62. The average Bonchev–Trinajstić information content (AvgIpc) is 3.09. The molecule has 4 heteroatoms. The second kappa shape index (κ2) is 10.1. The zero-order valence-corrected chi connectivity index (χ0v) is 26.0. The number of hydrogen-bond donors (Lipinski definition) is 0. The van der Waals surface area contributed by atoms with Gasteiger partial charge in [0.15, 0.2) is 0 Å². The minimum Gasteiger partial charge on any atom is -0.462 e. The largest absolute Gasteiger partial charge is 0.462 e. The van der Waals surface area contributed by atoms with Crippen LogP contribution in [0.3, 0.4) is 0 Å². The maximum atomic E-state index is 12.1. The predicted molar refractivity (Wildman–Crippen MR) is 153 cm³/mol. The number of allylic oxidation sites excluding steroid dienone is 3. The standard InChI is InChI=1S/C34H54O4/c1-21(2)11-13-28(37-23(4)35)22(3)25-15-19-34(10)27-12-14-29-31(6,7)30(38-24(5)36)17-18-32(29,8)26(27)16-20-33(25,34)9/h11,22,25,28-30H,12-20H2,1-10H3/t22-,25+,28?,29-,30?,32+,33+,34-/m0/s1. The van der Waals surface area contributed by atoms with E-state index in [1.54, 1.807) is 25.0 Å². The number of hydrogen-bond acceptors (Lipinski definition) is 4. The SMILES string of the molecule is CC(=O)OC(CC=C(C)C)[C@@H](C)[C@H]1CC[C@@]2(C)C3=C(CC[C@]12C)[C@@]1(C)CCC(OC(C)=O)C(C)(C)[C@@H]1CC3. The van der Waals surface area contributed by atoms with Crippen LogP contribution in [-0.2, 0) is 19.1 Å². The highest BCUT2D eigenvalue weighted by atomic mass is 16.5. The van der Waals surface area contributed by atoms with Crippen LogP contribution in [0.5, 0.6) is 0 Å². The van der Waals surface area contributed by atoms with Gasteiger partial charge < -0.3 is 9.47 Å². The molecule has 0 aromatic carbocycles. The molecular weight excluding hydrogens is 472 g/mol. The van der Waals surface area contributed by atoms with E-state index in [0.717, 1.165) is 19.3 Å². The molecule has 2 unspecified atom stereocenters. The van der Waals surface area contributed by atoms with Crippen molar-refractivity contribution in [2.75, 3.05) is 0 Å². The van der Waals surface area contributed by atoms with Crippen LogP contribution in [0.25, 0.3) is 0 Å². The molecule has 0 aliphatic heterocycles. The summed E-state index contributed by atoms with van der Waals surface area (Å²) in [5.41, 5.74) is 5.36. The first-order valence-corrected chi connectivity index (χ1v) is 15.3. The van der Waals surface area contributed by atoms with Crippen LogP contribution >= 0.6 is 0 Å². The molecule has 0 spiro atoms. The number of carbonyl (C=O) groups excluding carboxylic acids is 2. The van der Waals surface area contributed by atoms with Crippen LogP contribution in [0.1, 0.15) is 127 Å². The first-order valence-electron chi connectivity index (χ1n) is 15.3. The van der Waals surface area contributed by atoms with Crippen LogP contribution in [-0.4, -0.2) is 24.1 Å². The Kier molecular flexibility index (Phi) is 7.82. The lowest BCUT2D eigenvalue weighted by Crippen LogP contribution is -2.56. The summed E-state index contributed by atoms with van der Waals surface area (Å²) >= 11 is 0. The molecule has 0 aromatic heterocycles. The van der Waals surface area contributed by atoms with Crippen molar-refractivity contribution in [3.63, 3.8) is 0 Å². The third-order valence-corrected chi connectivity index (χ3v) is 12.4. The minimum absolute atomic E-state index is 0.0143. The molecule has 2 saturated carbocycles. The summed E-state index contributed by atoms with van der Waals surface area (Å²) in [6.07, 6.45) is 12.2. The predicted octanol–water partition coefficient (Wildman–Crippen LogP) is 8.59. The van der Waals surface area contributed by atoms with Crippen molar-refractivity contribution in [3.8, 4) is 0 Å². The smallest absolute Gasteiger partial charge is 0.302 e. The summed E-state index contributed by atoms with van der Waals surface area (Å²) in [5.74, 6) is 1.09. The first-order chi connectivity index (χ1) is 17.6. The van der Waals surface area contributed by atoms with Gasteiger partial charge in [-0.3, -0.25) is 9.59 Å². The third-order valence-electron chi connectivity index (χ3n) is 12.4. The lowest BCUT2D eigenvalue weighted by atomic mass is 9.43. The highest BCUT2D eigenvalue weighted by Crippen LogP contribution is 2.72. The highest BCUT2D eigenvalue weighted by Gasteiger charge is 2.64. The van der Waals surface area contributed by atoms with E-state index in [2.05, 4.69) is 61.5 Å². The van der Waals surface area contributed by atoms with Gasteiger partial charge in [-0.15, -0.1) is 0 Å². The van der Waals surface area contributed by atoms with Crippen LogP contribution in [0.15, 0.2) is 22.8 Å². The number of fused-ring (bicyclic) bond motifs is 4. The van der Waals surface area contributed by atoms with E-state index in [0.29, 0.717) is 17.8 Å². The monoisotopic (exact) mass is 526 g/mol.